The fraction of sp³-hybridized carbons (Fsp3) is 0.341. The van der Waals surface area contributed by atoms with Crippen molar-refractivity contribution in [2.75, 3.05) is 85.2 Å². The van der Waals surface area contributed by atoms with E-state index in [9.17, 15) is 14.4 Å². The summed E-state index contributed by atoms with van der Waals surface area (Å²) in [6, 6.07) is 25.2. The number of nitrogens with two attached hydrogens (primary N) is 2. The molecule has 5 heterocycles. The van der Waals surface area contributed by atoms with Gasteiger partial charge < -0.3 is 42.0 Å². The molecule has 2 saturated heterocycles. The first-order valence-electron chi connectivity index (χ1n) is 20.3. The lowest BCUT2D eigenvalue weighted by atomic mass is 9.95. The molecule has 2 aromatic heterocycles. The van der Waals surface area contributed by atoms with Gasteiger partial charge in [-0.15, -0.1) is 0 Å². The van der Waals surface area contributed by atoms with E-state index in [1.54, 1.807) is 49.7 Å². The highest BCUT2D eigenvalue weighted by Crippen LogP contribution is 2.36. The van der Waals surface area contributed by atoms with Crippen molar-refractivity contribution >= 4 is 52.1 Å². The molecule has 5 aromatic rings. The zero-order valence-corrected chi connectivity index (χ0v) is 33.3. The summed E-state index contributed by atoms with van der Waals surface area (Å²) in [5, 5.41) is 14.4. The first-order valence-corrected chi connectivity index (χ1v) is 20.3. The zero-order valence-electron chi connectivity index (χ0n) is 33.3. The van der Waals surface area contributed by atoms with Crippen LogP contribution in [0.15, 0.2) is 85.1 Å². The van der Waals surface area contributed by atoms with E-state index in [0.29, 0.717) is 65.2 Å². The van der Waals surface area contributed by atoms with Crippen molar-refractivity contribution in [1.82, 2.24) is 19.7 Å². The SMILES string of the molecule is COc1ccnc(NC(=O)c2ccc(-c3nn4c(c3C(N)=O)Nc3ccc(N5CCN(CC6CCN(c7ccc(NCCC(N)=O)cc7)CC6)CC5)cc3CC4)cc2)c1. The third-order valence-electron chi connectivity index (χ3n) is 11.6. The van der Waals surface area contributed by atoms with Crippen molar-refractivity contribution in [3.05, 3.63) is 102 Å². The Bertz CT molecular complexity index is 2290. The second kappa shape index (κ2) is 17.5. The maximum Gasteiger partial charge on any atom is 0.256 e. The number of methoxy groups -OCH3 is 1. The molecule has 3 aromatic carbocycles. The predicted molar refractivity (Wildman–Crippen MR) is 231 cm³/mol. The lowest BCUT2D eigenvalue weighted by Gasteiger charge is -2.40. The Labute approximate surface area is 343 Å². The smallest absolute Gasteiger partial charge is 0.256 e. The summed E-state index contributed by atoms with van der Waals surface area (Å²) in [4.78, 5) is 48.6. The molecule has 15 nitrogen and oxygen atoms in total. The van der Waals surface area contributed by atoms with E-state index in [1.165, 1.54) is 24.2 Å². The second-order valence-corrected chi connectivity index (χ2v) is 15.4. The highest BCUT2D eigenvalue weighted by molar-refractivity contribution is 6.06. The summed E-state index contributed by atoms with van der Waals surface area (Å²) in [7, 11) is 1.55. The predicted octanol–water partition coefficient (Wildman–Crippen LogP) is 4.93. The van der Waals surface area contributed by atoms with Crippen LogP contribution in [0.25, 0.3) is 11.3 Å². The fourth-order valence-electron chi connectivity index (χ4n) is 8.27. The quantitative estimate of drug-likeness (QED) is 0.109. The molecule has 0 radical (unpaired) electrons. The van der Waals surface area contributed by atoms with Gasteiger partial charge in [-0.05, 0) is 91.4 Å². The van der Waals surface area contributed by atoms with Crippen LogP contribution in [-0.2, 0) is 17.8 Å². The molecule has 0 aliphatic carbocycles. The number of aromatic nitrogens is 3. The van der Waals surface area contributed by atoms with Crippen LogP contribution in [0.4, 0.5) is 34.4 Å². The molecule has 3 aliphatic heterocycles. The Morgan fingerprint density at radius 3 is 2.29 bits per heavy atom. The molecule has 0 saturated carbocycles. The number of amides is 3. The van der Waals surface area contributed by atoms with E-state index in [1.807, 2.05) is 4.68 Å². The Kier molecular flexibility index (Phi) is 11.6. The average Bonchev–Trinajstić information content (AvgIpc) is 3.52. The van der Waals surface area contributed by atoms with Gasteiger partial charge in [-0.3, -0.25) is 19.3 Å². The number of nitrogens with zero attached hydrogens (tertiary/aromatic N) is 6. The van der Waals surface area contributed by atoms with Gasteiger partial charge in [0.1, 0.15) is 28.6 Å². The highest BCUT2D eigenvalue weighted by atomic mass is 16.5. The minimum Gasteiger partial charge on any atom is -0.497 e. The zero-order chi connectivity index (χ0) is 40.9. The Morgan fingerprint density at radius 1 is 0.847 bits per heavy atom. The number of hydrogen-bond acceptors (Lipinski definition) is 11. The number of carbonyl (C=O) groups excluding carboxylic acids is 3. The number of nitrogens with one attached hydrogen (secondary N) is 3. The Balaban J connectivity index is 0.845. The molecule has 3 aliphatic rings. The molecule has 0 unspecified atom stereocenters. The summed E-state index contributed by atoms with van der Waals surface area (Å²) >= 11 is 0. The standard InChI is InChI=1S/C44H51N11O4/c1-59-36-12-17-48-39(27-36)50-44(58)31-4-2-30(3-5-31)41-40(42(46)57)43-49-37-11-10-35(26-32(37)16-21-55(43)51-41)54-24-22-52(23-25-54)28-29-14-19-53(20-15-29)34-8-6-33(7-9-34)47-18-13-38(45)56/h2-12,17,26-27,29,47,49H,13-16,18-25,28H2,1H3,(H2,45,56)(H2,46,57)(H,48,50,58). The number of anilines is 6. The molecule has 0 spiro atoms. The van der Waals surface area contributed by atoms with Gasteiger partial charge in [-0.2, -0.15) is 5.10 Å². The lowest BCUT2D eigenvalue weighted by Crippen LogP contribution is -2.49. The van der Waals surface area contributed by atoms with Crippen LogP contribution in [0, 0.1) is 5.92 Å². The number of ether oxygens (including phenoxy) is 1. The molecule has 2 fully saturated rings. The Hall–Kier alpha value is -6.61. The number of benzene rings is 3. The van der Waals surface area contributed by atoms with Crippen molar-refractivity contribution in [2.45, 2.75) is 32.2 Å². The van der Waals surface area contributed by atoms with Crippen LogP contribution in [0.5, 0.6) is 5.75 Å². The van der Waals surface area contributed by atoms with Gasteiger partial charge >= 0.3 is 0 Å². The monoisotopic (exact) mass is 797 g/mol. The van der Waals surface area contributed by atoms with Crippen molar-refractivity contribution in [3.63, 3.8) is 0 Å². The van der Waals surface area contributed by atoms with Crippen LogP contribution in [0.1, 0.15) is 45.5 Å². The van der Waals surface area contributed by atoms with Crippen molar-refractivity contribution in [3.8, 4) is 17.0 Å². The van der Waals surface area contributed by atoms with Gasteiger partial charge in [0.05, 0.1) is 7.11 Å². The number of rotatable bonds is 13. The first kappa shape index (κ1) is 39.2. The van der Waals surface area contributed by atoms with E-state index in [-0.39, 0.29) is 11.8 Å². The molecule has 0 atom stereocenters. The average molecular weight is 798 g/mol. The molecule has 59 heavy (non-hydrogen) atoms. The van der Waals surface area contributed by atoms with Crippen molar-refractivity contribution < 1.29 is 19.1 Å². The van der Waals surface area contributed by atoms with E-state index < -0.39 is 5.91 Å². The van der Waals surface area contributed by atoms with Crippen LogP contribution < -0.4 is 42.0 Å². The van der Waals surface area contributed by atoms with E-state index in [2.05, 4.69) is 78.1 Å². The summed E-state index contributed by atoms with van der Waals surface area (Å²) in [6.07, 6.45) is 4.98. The van der Waals surface area contributed by atoms with Crippen LogP contribution in [-0.4, -0.2) is 96.9 Å². The van der Waals surface area contributed by atoms with Crippen LogP contribution >= 0.6 is 0 Å². The van der Waals surface area contributed by atoms with Gasteiger partial charge in [-0.1, -0.05) is 12.1 Å². The number of fused-ring (bicyclic) bond motifs is 2. The maximum absolute atomic E-state index is 12.9. The molecule has 0 bridgehead atoms. The topological polar surface area (TPSA) is 189 Å². The summed E-state index contributed by atoms with van der Waals surface area (Å²) in [6.45, 7) is 8.38. The van der Waals surface area contributed by atoms with Gasteiger partial charge in [0.15, 0.2) is 0 Å². The summed E-state index contributed by atoms with van der Waals surface area (Å²) in [5.74, 6) is 1.01. The molecule has 7 N–H and O–H groups in total. The largest absolute Gasteiger partial charge is 0.497 e. The highest BCUT2D eigenvalue weighted by Gasteiger charge is 2.28. The minimum atomic E-state index is -0.582. The molecule has 3 amide bonds. The van der Waals surface area contributed by atoms with Gasteiger partial charge in [-0.25, -0.2) is 9.67 Å². The molecule has 306 valence electrons. The van der Waals surface area contributed by atoms with Gasteiger partial charge in [0.2, 0.25) is 5.91 Å². The third-order valence-corrected chi connectivity index (χ3v) is 11.6. The van der Waals surface area contributed by atoms with Crippen molar-refractivity contribution in [2.24, 2.45) is 17.4 Å². The van der Waals surface area contributed by atoms with E-state index in [0.717, 1.165) is 69.2 Å². The number of piperazine rings is 1. The maximum atomic E-state index is 12.9. The number of aryl methyl sites for hydroxylation is 2. The van der Waals surface area contributed by atoms with Crippen LogP contribution in [0.3, 0.4) is 0 Å². The third kappa shape index (κ3) is 9.10. The van der Waals surface area contributed by atoms with E-state index >= 15 is 0 Å². The second-order valence-electron chi connectivity index (χ2n) is 15.4. The fourth-order valence-corrected chi connectivity index (χ4v) is 8.27. The van der Waals surface area contributed by atoms with E-state index in [4.69, 9.17) is 21.3 Å². The lowest BCUT2D eigenvalue weighted by molar-refractivity contribution is -0.117. The van der Waals surface area contributed by atoms with Crippen molar-refractivity contribution in [1.29, 1.82) is 0 Å². The number of carbonyl (C=O) groups is 3. The molecule has 15 heteroatoms. The normalized spacial score (nSPS) is 15.7. The molecular weight excluding hydrogens is 747 g/mol. The number of hydrogen-bond donors (Lipinski definition) is 5. The number of primary amides is 2. The molecular formula is C44H51N11O4. The summed E-state index contributed by atoms with van der Waals surface area (Å²) in [5.41, 5.74) is 18.6. The first-order chi connectivity index (χ1) is 28.7. The van der Waals surface area contributed by atoms with Gasteiger partial charge in [0.25, 0.3) is 11.8 Å². The number of piperidine rings is 1. The Morgan fingerprint density at radius 2 is 1.58 bits per heavy atom. The molecule has 8 rings (SSSR count). The number of pyridine rings is 1. The minimum absolute atomic E-state index is 0.299. The van der Waals surface area contributed by atoms with Gasteiger partial charge in [0, 0.05) is 111 Å². The van der Waals surface area contributed by atoms with Crippen LogP contribution in [0.2, 0.25) is 0 Å². The summed E-state index contributed by atoms with van der Waals surface area (Å²) < 4.78 is 7.04.